The van der Waals surface area contributed by atoms with E-state index in [1.54, 1.807) is 11.3 Å². The van der Waals surface area contributed by atoms with Crippen LogP contribution >= 0.6 is 11.3 Å². The number of esters is 1. The minimum atomic E-state index is -0.240. The maximum absolute atomic E-state index is 11.1. The number of nitrogens with one attached hydrogen (secondary N) is 1. The predicted molar refractivity (Wildman–Crippen MR) is 72.9 cm³/mol. The molecule has 1 fully saturated rings. The van der Waals surface area contributed by atoms with E-state index in [1.807, 2.05) is 5.38 Å². The molecule has 1 aliphatic rings. The second-order valence-electron chi connectivity index (χ2n) is 4.87. The zero-order chi connectivity index (χ0) is 13.0. The highest BCUT2D eigenvalue weighted by Crippen LogP contribution is 2.29. The van der Waals surface area contributed by atoms with E-state index >= 15 is 0 Å². The Morgan fingerprint density at radius 3 is 3.00 bits per heavy atom. The van der Waals surface area contributed by atoms with Crippen molar-refractivity contribution < 1.29 is 9.53 Å². The molecule has 1 aromatic rings. The standard InChI is InChI=1S/C13H20N2O2S/c1-9(10-5-3-4-6-10)14-13-15-11(8-18-13)7-12(16)17-2/h8-10H,3-7H2,1-2H3,(H,14,15). The van der Waals surface area contributed by atoms with E-state index in [1.165, 1.54) is 32.8 Å². The van der Waals surface area contributed by atoms with Gasteiger partial charge in [-0.1, -0.05) is 12.8 Å². The minimum absolute atomic E-state index is 0.240. The molecule has 1 N–H and O–H groups in total. The number of thiazole rings is 1. The number of methoxy groups -OCH3 is 1. The highest BCUT2D eigenvalue weighted by atomic mass is 32.1. The largest absolute Gasteiger partial charge is 0.469 e. The highest BCUT2D eigenvalue weighted by molar-refractivity contribution is 7.13. The van der Waals surface area contributed by atoms with E-state index in [0.29, 0.717) is 6.04 Å². The Bertz CT molecular complexity index is 399. The van der Waals surface area contributed by atoms with E-state index in [2.05, 4.69) is 22.0 Å². The lowest BCUT2D eigenvalue weighted by Crippen LogP contribution is -2.23. The molecule has 2 rings (SSSR count). The van der Waals surface area contributed by atoms with Gasteiger partial charge in [-0.15, -0.1) is 11.3 Å². The van der Waals surface area contributed by atoms with E-state index in [-0.39, 0.29) is 12.4 Å². The molecule has 4 nitrogen and oxygen atoms in total. The van der Waals surface area contributed by atoms with Gasteiger partial charge in [-0.25, -0.2) is 4.98 Å². The molecule has 1 saturated carbocycles. The molecule has 100 valence electrons. The highest BCUT2D eigenvalue weighted by Gasteiger charge is 2.22. The molecule has 1 atom stereocenters. The first kappa shape index (κ1) is 13.3. The number of ether oxygens (including phenoxy) is 1. The summed E-state index contributed by atoms with van der Waals surface area (Å²) >= 11 is 1.56. The van der Waals surface area contributed by atoms with Gasteiger partial charge in [-0.3, -0.25) is 4.79 Å². The van der Waals surface area contributed by atoms with Gasteiger partial charge in [-0.2, -0.15) is 0 Å². The van der Waals surface area contributed by atoms with Crippen LogP contribution in [0.2, 0.25) is 0 Å². The monoisotopic (exact) mass is 268 g/mol. The third kappa shape index (κ3) is 3.45. The number of rotatable bonds is 5. The Kier molecular flexibility index (Phi) is 4.58. The molecular weight excluding hydrogens is 248 g/mol. The van der Waals surface area contributed by atoms with Crippen molar-refractivity contribution in [2.45, 2.75) is 45.1 Å². The second kappa shape index (κ2) is 6.18. The smallest absolute Gasteiger partial charge is 0.311 e. The quantitative estimate of drug-likeness (QED) is 0.834. The van der Waals surface area contributed by atoms with Crippen molar-refractivity contribution in [1.29, 1.82) is 0 Å². The van der Waals surface area contributed by atoms with Gasteiger partial charge >= 0.3 is 5.97 Å². The zero-order valence-corrected chi connectivity index (χ0v) is 11.8. The topological polar surface area (TPSA) is 51.2 Å². The summed E-state index contributed by atoms with van der Waals surface area (Å²) in [6.07, 6.45) is 5.58. The molecule has 0 aliphatic heterocycles. The van der Waals surface area contributed by atoms with Gasteiger partial charge in [0.2, 0.25) is 0 Å². The van der Waals surface area contributed by atoms with Gasteiger partial charge in [-0.05, 0) is 25.7 Å². The van der Waals surface area contributed by atoms with Gasteiger partial charge in [0.25, 0.3) is 0 Å². The molecule has 0 saturated heterocycles. The average molecular weight is 268 g/mol. The number of carbonyl (C=O) groups excluding carboxylic acids is 1. The molecule has 1 aromatic heterocycles. The first-order chi connectivity index (χ1) is 8.69. The number of hydrogen-bond donors (Lipinski definition) is 1. The molecule has 1 unspecified atom stereocenters. The van der Waals surface area contributed by atoms with Crippen LogP contribution in [0.4, 0.5) is 5.13 Å². The van der Waals surface area contributed by atoms with Crippen LogP contribution in [0.3, 0.4) is 0 Å². The Hall–Kier alpha value is -1.10. The number of carbonyl (C=O) groups is 1. The third-order valence-corrected chi connectivity index (χ3v) is 4.39. The van der Waals surface area contributed by atoms with Crippen molar-refractivity contribution in [1.82, 2.24) is 4.98 Å². The van der Waals surface area contributed by atoms with Crippen LogP contribution in [0.15, 0.2) is 5.38 Å². The first-order valence-electron chi connectivity index (χ1n) is 6.47. The third-order valence-electron chi connectivity index (χ3n) is 3.56. The van der Waals surface area contributed by atoms with Crippen LogP contribution in [-0.4, -0.2) is 24.1 Å². The Morgan fingerprint density at radius 1 is 1.61 bits per heavy atom. The lowest BCUT2D eigenvalue weighted by atomic mass is 10.0. The molecule has 1 heterocycles. The van der Waals surface area contributed by atoms with Crippen LogP contribution in [0, 0.1) is 5.92 Å². The number of anilines is 1. The molecule has 5 heteroatoms. The Labute approximate surface area is 112 Å². The average Bonchev–Trinajstić information content (AvgIpc) is 3.00. The van der Waals surface area contributed by atoms with Crippen LogP contribution in [0.1, 0.15) is 38.3 Å². The lowest BCUT2D eigenvalue weighted by Gasteiger charge is -2.19. The summed E-state index contributed by atoms with van der Waals surface area (Å²) in [4.78, 5) is 15.6. The lowest BCUT2D eigenvalue weighted by molar-refractivity contribution is -0.139. The maximum Gasteiger partial charge on any atom is 0.311 e. The molecule has 0 radical (unpaired) electrons. The summed E-state index contributed by atoms with van der Waals surface area (Å²) in [6, 6.07) is 0.463. The van der Waals surface area contributed by atoms with Crippen LogP contribution < -0.4 is 5.32 Å². The van der Waals surface area contributed by atoms with Crippen molar-refractivity contribution in [2.75, 3.05) is 12.4 Å². The summed E-state index contributed by atoms with van der Waals surface area (Å²) in [5, 5.41) is 6.28. The van der Waals surface area contributed by atoms with E-state index in [4.69, 9.17) is 0 Å². The van der Waals surface area contributed by atoms with Crippen LogP contribution in [0.25, 0.3) is 0 Å². The van der Waals surface area contributed by atoms with Crippen molar-refractivity contribution in [3.8, 4) is 0 Å². The fourth-order valence-electron chi connectivity index (χ4n) is 2.44. The van der Waals surface area contributed by atoms with Gasteiger partial charge < -0.3 is 10.1 Å². The van der Waals surface area contributed by atoms with Crippen molar-refractivity contribution in [2.24, 2.45) is 5.92 Å². The van der Waals surface area contributed by atoms with Crippen molar-refractivity contribution >= 4 is 22.4 Å². The van der Waals surface area contributed by atoms with Gasteiger partial charge in [0.1, 0.15) is 0 Å². The Morgan fingerprint density at radius 2 is 2.33 bits per heavy atom. The minimum Gasteiger partial charge on any atom is -0.469 e. The summed E-state index contributed by atoms with van der Waals surface area (Å²) in [5.74, 6) is 0.522. The SMILES string of the molecule is COC(=O)Cc1csc(NC(C)C2CCCC2)n1. The molecule has 0 spiro atoms. The first-order valence-corrected chi connectivity index (χ1v) is 7.34. The molecule has 1 aliphatic carbocycles. The fraction of sp³-hybridized carbons (Fsp3) is 0.692. The van der Waals surface area contributed by atoms with E-state index < -0.39 is 0 Å². The number of nitrogens with zero attached hydrogens (tertiary/aromatic N) is 1. The predicted octanol–water partition coefficient (Wildman–Crippen LogP) is 2.85. The van der Waals surface area contributed by atoms with Crippen LogP contribution in [-0.2, 0) is 16.0 Å². The normalized spacial score (nSPS) is 17.7. The molecule has 0 amide bonds. The summed E-state index contributed by atoms with van der Waals surface area (Å²) in [7, 11) is 1.40. The fourth-order valence-corrected chi connectivity index (χ4v) is 3.25. The summed E-state index contributed by atoms with van der Waals surface area (Å²) < 4.78 is 4.63. The summed E-state index contributed by atoms with van der Waals surface area (Å²) in [6.45, 7) is 2.22. The molecular formula is C13H20N2O2S. The maximum atomic E-state index is 11.1. The molecule has 18 heavy (non-hydrogen) atoms. The van der Waals surface area contributed by atoms with Gasteiger partial charge in [0, 0.05) is 11.4 Å². The van der Waals surface area contributed by atoms with Crippen LogP contribution in [0.5, 0.6) is 0 Å². The molecule has 0 bridgehead atoms. The van der Waals surface area contributed by atoms with Crippen molar-refractivity contribution in [3.05, 3.63) is 11.1 Å². The number of aromatic nitrogens is 1. The van der Waals surface area contributed by atoms with Crippen molar-refractivity contribution in [3.63, 3.8) is 0 Å². The van der Waals surface area contributed by atoms with E-state index in [9.17, 15) is 4.79 Å². The Balaban J connectivity index is 1.87. The molecule has 0 aromatic carbocycles. The summed E-state index contributed by atoms with van der Waals surface area (Å²) in [5.41, 5.74) is 0.785. The van der Waals surface area contributed by atoms with Gasteiger partial charge in [0.15, 0.2) is 5.13 Å². The van der Waals surface area contributed by atoms with E-state index in [0.717, 1.165) is 16.7 Å². The zero-order valence-electron chi connectivity index (χ0n) is 10.9. The van der Waals surface area contributed by atoms with Gasteiger partial charge in [0.05, 0.1) is 19.2 Å². The second-order valence-corrected chi connectivity index (χ2v) is 5.73. The number of hydrogen-bond acceptors (Lipinski definition) is 5.